The van der Waals surface area contributed by atoms with Crippen LogP contribution in [-0.2, 0) is 14.3 Å². The quantitative estimate of drug-likeness (QED) is 0.913. The van der Waals surface area contributed by atoms with Crippen molar-refractivity contribution < 1.29 is 14.3 Å². The molecule has 2 fully saturated rings. The Morgan fingerprint density at radius 3 is 2.68 bits per heavy atom. The molecule has 1 aliphatic carbocycles. The van der Waals surface area contributed by atoms with E-state index in [-0.39, 0.29) is 24.5 Å². The second-order valence-electron chi connectivity index (χ2n) is 7.29. The van der Waals surface area contributed by atoms with Gasteiger partial charge in [0.05, 0.1) is 6.04 Å². The van der Waals surface area contributed by atoms with Gasteiger partial charge in [-0.15, -0.1) is 0 Å². The largest absolute Gasteiger partial charge is 0.356 e. The number of hydrogen-bond acceptors (Lipinski definition) is 3. The minimum absolute atomic E-state index is 0.0413. The molecule has 1 saturated heterocycles. The van der Waals surface area contributed by atoms with Crippen LogP contribution < -0.4 is 5.32 Å². The Balaban J connectivity index is 1.73. The number of nitrogens with zero attached hydrogens (tertiary/aromatic N) is 1. The number of amides is 2. The molecule has 1 aromatic rings. The van der Waals surface area contributed by atoms with Gasteiger partial charge < -0.3 is 15.0 Å². The van der Waals surface area contributed by atoms with Crippen molar-refractivity contribution in [2.45, 2.75) is 51.2 Å². The molecule has 1 saturated carbocycles. The number of hydrogen-bond donors (Lipinski definition) is 1. The summed E-state index contributed by atoms with van der Waals surface area (Å²) in [4.78, 5) is 26.6. The first-order valence-corrected chi connectivity index (χ1v) is 9.28. The Hall–Kier alpha value is -1.88. The maximum absolute atomic E-state index is 12.8. The first-order valence-electron chi connectivity index (χ1n) is 9.28. The van der Waals surface area contributed by atoms with Gasteiger partial charge in [0.15, 0.2) is 6.10 Å². The Morgan fingerprint density at radius 1 is 1.24 bits per heavy atom. The molecule has 2 amide bonds. The lowest BCUT2D eigenvalue weighted by Crippen LogP contribution is -2.53. The van der Waals surface area contributed by atoms with Crippen LogP contribution in [0.2, 0.25) is 0 Å². The Kier molecular flexibility index (Phi) is 5.74. The van der Waals surface area contributed by atoms with E-state index < -0.39 is 6.10 Å². The summed E-state index contributed by atoms with van der Waals surface area (Å²) in [6, 6.07) is 7.49. The molecule has 5 nitrogen and oxygen atoms in total. The maximum atomic E-state index is 12.8. The van der Waals surface area contributed by atoms with Crippen molar-refractivity contribution in [2.24, 2.45) is 5.92 Å². The molecule has 25 heavy (non-hydrogen) atoms. The number of likely N-dealkylation sites (N-methyl/N-ethyl adjacent to an activating group) is 1. The number of rotatable bonds is 4. The first kappa shape index (κ1) is 17.9. The molecule has 0 bridgehead atoms. The number of ether oxygens (including phenoxy) is 1. The van der Waals surface area contributed by atoms with E-state index in [2.05, 4.69) is 5.32 Å². The van der Waals surface area contributed by atoms with Crippen LogP contribution >= 0.6 is 0 Å². The molecule has 1 aliphatic heterocycles. The lowest BCUT2D eigenvalue weighted by atomic mass is 9.89. The van der Waals surface area contributed by atoms with Crippen LogP contribution in [0.3, 0.4) is 0 Å². The van der Waals surface area contributed by atoms with E-state index in [1.165, 1.54) is 32.1 Å². The molecule has 2 atom stereocenters. The first-order chi connectivity index (χ1) is 12.1. The highest BCUT2D eigenvalue weighted by molar-refractivity contribution is 5.86. The predicted octanol–water partition coefficient (Wildman–Crippen LogP) is 2.59. The number of carbonyl (C=O) groups is 2. The van der Waals surface area contributed by atoms with Crippen LogP contribution in [0.5, 0.6) is 0 Å². The molecule has 1 heterocycles. The van der Waals surface area contributed by atoms with Crippen molar-refractivity contribution >= 4 is 11.8 Å². The maximum Gasteiger partial charge on any atom is 0.251 e. The van der Waals surface area contributed by atoms with Gasteiger partial charge in [-0.3, -0.25) is 9.59 Å². The fourth-order valence-electron chi connectivity index (χ4n) is 3.96. The van der Waals surface area contributed by atoms with Gasteiger partial charge in [0.2, 0.25) is 5.91 Å². The van der Waals surface area contributed by atoms with Crippen LogP contribution in [0.4, 0.5) is 0 Å². The minimum Gasteiger partial charge on any atom is -0.356 e. The van der Waals surface area contributed by atoms with Gasteiger partial charge in [0.25, 0.3) is 5.91 Å². The molecule has 0 aromatic heterocycles. The van der Waals surface area contributed by atoms with Crippen molar-refractivity contribution in [3.8, 4) is 0 Å². The summed E-state index contributed by atoms with van der Waals surface area (Å²) >= 11 is 0. The van der Waals surface area contributed by atoms with Crippen LogP contribution in [0, 0.1) is 12.8 Å². The van der Waals surface area contributed by atoms with Crippen molar-refractivity contribution in [2.75, 3.05) is 20.2 Å². The third-order valence-corrected chi connectivity index (χ3v) is 5.54. The Morgan fingerprint density at radius 2 is 1.96 bits per heavy atom. The minimum atomic E-state index is -0.660. The van der Waals surface area contributed by atoms with Gasteiger partial charge in [0.1, 0.15) is 6.61 Å². The molecule has 1 aromatic carbocycles. The molecule has 0 spiro atoms. The molecular weight excluding hydrogens is 316 g/mol. The normalized spacial score (nSPS) is 25.0. The predicted molar refractivity (Wildman–Crippen MR) is 96.0 cm³/mol. The monoisotopic (exact) mass is 344 g/mol. The van der Waals surface area contributed by atoms with E-state index >= 15 is 0 Å². The average molecular weight is 344 g/mol. The number of carbonyl (C=O) groups excluding carboxylic acids is 2. The van der Waals surface area contributed by atoms with Crippen molar-refractivity contribution in [1.82, 2.24) is 10.2 Å². The van der Waals surface area contributed by atoms with E-state index in [0.717, 1.165) is 11.1 Å². The molecule has 136 valence electrons. The fourth-order valence-corrected chi connectivity index (χ4v) is 3.96. The summed E-state index contributed by atoms with van der Waals surface area (Å²) in [5, 5.41) is 3.07. The van der Waals surface area contributed by atoms with Gasteiger partial charge in [-0.05, 0) is 36.8 Å². The summed E-state index contributed by atoms with van der Waals surface area (Å²) in [7, 11) is 1.75. The second-order valence-corrected chi connectivity index (χ2v) is 7.29. The third kappa shape index (κ3) is 4.03. The highest BCUT2D eigenvalue weighted by atomic mass is 16.5. The number of nitrogens with one attached hydrogen (secondary N) is 1. The zero-order chi connectivity index (χ0) is 17.8. The molecule has 0 unspecified atom stereocenters. The summed E-state index contributed by atoms with van der Waals surface area (Å²) in [6.45, 7) is 2.66. The smallest absolute Gasteiger partial charge is 0.251 e. The van der Waals surface area contributed by atoms with Gasteiger partial charge in [-0.2, -0.15) is 0 Å². The van der Waals surface area contributed by atoms with Gasteiger partial charge >= 0.3 is 0 Å². The van der Waals surface area contributed by atoms with Crippen molar-refractivity contribution in [1.29, 1.82) is 0 Å². The standard InChI is InChI=1S/C20H28N2O3/c1-14-8-6-7-11-16(14)18-19(25-13-17(23)22(18)2)20(24)21-12-15-9-4-3-5-10-15/h6-8,11,15,18-19H,3-5,9-10,12-13H2,1-2H3,(H,21,24)/t18-,19+/m1/s1. The molecular formula is C20H28N2O3. The SMILES string of the molecule is Cc1ccccc1[C@@H]1[C@@H](C(=O)NCC2CCCCC2)OCC(=O)N1C. The third-order valence-electron chi connectivity index (χ3n) is 5.54. The van der Waals surface area contributed by atoms with E-state index in [0.29, 0.717) is 12.5 Å². The highest BCUT2D eigenvalue weighted by Crippen LogP contribution is 2.31. The number of aryl methyl sites for hydroxylation is 1. The number of benzene rings is 1. The lowest BCUT2D eigenvalue weighted by Gasteiger charge is -2.39. The molecule has 1 N–H and O–H groups in total. The second kappa shape index (κ2) is 8.00. The van der Waals surface area contributed by atoms with E-state index in [1.807, 2.05) is 31.2 Å². The van der Waals surface area contributed by atoms with E-state index in [9.17, 15) is 9.59 Å². The molecule has 3 rings (SSSR count). The van der Waals surface area contributed by atoms with Gasteiger partial charge in [-0.25, -0.2) is 0 Å². The van der Waals surface area contributed by atoms with Gasteiger partial charge in [0, 0.05) is 13.6 Å². The Bertz CT molecular complexity index is 625. The zero-order valence-electron chi connectivity index (χ0n) is 15.2. The summed E-state index contributed by atoms with van der Waals surface area (Å²) < 4.78 is 5.68. The van der Waals surface area contributed by atoms with Crippen LogP contribution in [0.15, 0.2) is 24.3 Å². The summed E-state index contributed by atoms with van der Waals surface area (Å²) in [6.07, 6.45) is 5.52. The molecule has 0 radical (unpaired) electrons. The molecule has 5 heteroatoms. The van der Waals surface area contributed by atoms with Crippen LogP contribution in [0.1, 0.15) is 49.3 Å². The summed E-state index contributed by atoms with van der Waals surface area (Å²) in [5.41, 5.74) is 2.03. The fraction of sp³-hybridized carbons (Fsp3) is 0.600. The van der Waals surface area contributed by atoms with Crippen molar-refractivity contribution in [3.63, 3.8) is 0 Å². The van der Waals surface area contributed by atoms with Crippen LogP contribution in [0.25, 0.3) is 0 Å². The van der Waals surface area contributed by atoms with E-state index in [1.54, 1.807) is 11.9 Å². The molecule has 2 aliphatic rings. The zero-order valence-corrected chi connectivity index (χ0v) is 15.2. The highest BCUT2D eigenvalue weighted by Gasteiger charge is 2.40. The topological polar surface area (TPSA) is 58.6 Å². The average Bonchev–Trinajstić information content (AvgIpc) is 2.63. The number of morpholine rings is 1. The van der Waals surface area contributed by atoms with Gasteiger partial charge in [-0.1, -0.05) is 43.5 Å². The van der Waals surface area contributed by atoms with Crippen LogP contribution in [-0.4, -0.2) is 43.0 Å². The lowest BCUT2D eigenvalue weighted by molar-refractivity contribution is -0.162. The van der Waals surface area contributed by atoms with Crippen molar-refractivity contribution in [3.05, 3.63) is 35.4 Å². The van der Waals surface area contributed by atoms with E-state index in [4.69, 9.17) is 4.74 Å². The Labute approximate surface area is 149 Å². The summed E-state index contributed by atoms with van der Waals surface area (Å²) in [5.74, 6) is 0.361.